The molecule has 2 aromatic carbocycles. The van der Waals surface area contributed by atoms with Gasteiger partial charge in [0.05, 0.1) is 10.0 Å². The minimum atomic E-state index is -0.713. The number of nitrogens with one attached hydrogen (secondary N) is 1. The van der Waals surface area contributed by atoms with E-state index in [0.717, 1.165) is 5.56 Å². The Balaban J connectivity index is 1.60. The molecule has 0 fully saturated rings. The molecule has 0 saturated carbocycles. The summed E-state index contributed by atoms with van der Waals surface area (Å²) in [5.74, 6) is -0.888. The van der Waals surface area contributed by atoms with Crippen molar-refractivity contribution in [3.63, 3.8) is 0 Å². The average molecular weight is 466 g/mol. The zero-order valence-corrected chi connectivity index (χ0v) is 17.7. The lowest BCUT2D eigenvalue weighted by molar-refractivity contribution is -0.119. The molecule has 0 unspecified atom stereocenters. The molecule has 154 valence electrons. The summed E-state index contributed by atoms with van der Waals surface area (Å²) in [5, 5.41) is 3.51. The number of nitrogens with zero attached hydrogens (tertiary/aromatic N) is 1. The first kappa shape index (κ1) is 21.9. The monoisotopic (exact) mass is 464 g/mol. The van der Waals surface area contributed by atoms with Gasteiger partial charge in [-0.3, -0.25) is 4.79 Å². The van der Waals surface area contributed by atoms with Crippen molar-refractivity contribution in [3.05, 3.63) is 87.0 Å². The van der Waals surface area contributed by atoms with E-state index in [4.69, 9.17) is 44.3 Å². The molecular weight excluding hydrogens is 451 g/mol. The summed E-state index contributed by atoms with van der Waals surface area (Å²) in [6, 6.07) is 15.2. The molecule has 9 heteroatoms. The second-order valence-electron chi connectivity index (χ2n) is 5.98. The lowest BCUT2D eigenvalue weighted by atomic mass is 10.2. The summed E-state index contributed by atoms with van der Waals surface area (Å²) >= 11 is 17.8. The van der Waals surface area contributed by atoms with Gasteiger partial charge in [-0.2, -0.15) is 0 Å². The number of carbonyl (C=O) groups excluding carboxylic acids is 2. The van der Waals surface area contributed by atoms with Crippen molar-refractivity contribution in [1.29, 1.82) is 0 Å². The number of ether oxygens (including phenoxy) is 2. The number of hydrogen-bond donors (Lipinski definition) is 1. The third-order valence-corrected chi connectivity index (χ3v) is 4.71. The van der Waals surface area contributed by atoms with Gasteiger partial charge in [-0.15, -0.1) is 0 Å². The third-order valence-electron chi connectivity index (χ3n) is 3.85. The quantitative estimate of drug-likeness (QED) is 0.472. The van der Waals surface area contributed by atoms with Crippen LogP contribution in [0.2, 0.25) is 15.1 Å². The number of pyridine rings is 1. The predicted octanol–water partition coefficient (Wildman–Crippen LogP) is 5.42. The normalized spacial score (nSPS) is 10.4. The smallest absolute Gasteiger partial charge is 0.342 e. The van der Waals surface area contributed by atoms with Gasteiger partial charge < -0.3 is 14.8 Å². The van der Waals surface area contributed by atoms with Gasteiger partial charge in [-0.25, -0.2) is 9.78 Å². The first-order chi connectivity index (χ1) is 14.4. The minimum absolute atomic E-state index is 0.116. The standard InChI is InChI=1S/C21H15Cl3N2O4/c22-14-9-17(24)20(25-10-14)26-19(27)12-30-21(28)15-6-2-4-8-18(15)29-11-13-5-1-3-7-16(13)23/h1-10H,11-12H2,(H,25,26,27). The third kappa shape index (κ3) is 5.86. The van der Waals surface area contributed by atoms with Gasteiger partial charge in [0.2, 0.25) is 0 Å². The molecule has 1 aromatic heterocycles. The van der Waals surface area contributed by atoms with Crippen molar-refractivity contribution >= 4 is 52.5 Å². The highest BCUT2D eigenvalue weighted by Crippen LogP contribution is 2.24. The number of para-hydroxylation sites is 1. The maximum absolute atomic E-state index is 12.4. The first-order valence-electron chi connectivity index (χ1n) is 8.67. The maximum atomic E-state index is 12.4. The highest BCUT2D eigenvalue weighted by atomic mass is 35.5. The van der Waals surface area contributed by atoms with E-state index in [1.807, 2.05) is 18.2 Å². The van der Waals surface area contributed by atoms with Crippen molar-refractivity contribution in [2.45, 2.75) is 6.61 Å². The van der Waals surface area contributed by atoms with Gasteiger partial charge >= 0.3 is 5.97 Å². The lowest BCUT2D eigenvalue weighted by Crippen LogP contribution is -2.22. The van der Waals surface area contributed by atoms with Gasteiger partial charge in [0.25, 0.3) is 5.91 Å². The highest BCUT2D eigenvalue weighted by molar-refractivity contribution is 6.36. The molecule has 1 amide bonds. The van der Waals surface area contributed by atoms with Crippen LogP contribution in [0.4, 0.5) is 5.82 Å². The molecule has 0 atom stereocenters. The van der Waals surface area contributed by atoms with E-state index >= 15 is 0 Å². The van der Waals surface area contributed by atoms with Crippen LogP contribution >= 0.6 is 34.8 Å². The summed E-state index contributed by atoms with van der Waals surface area (Å²) in [4.78, 5) is 28.4. The van der Waals surface area contributed by atoms with Gasteiger partial charge in [0, 0.05) is 16.8 Å². The molecule has 0 bridgehead atoms. The van der Waals surface area contributed by atoms with Crippen molar-refractivity contribution in [1.82, 2.24) is 4.98 Å². The van der Waals surface area contributed by atoms with Gasteiger partial charge in [0.1, 0.15) is 17.9 Å². The van der Waals surface area contributed by atoms with Gasteiger partial charge in [0.15, 0.2) is 12.4 Å². The Morgan fingerprint density at radius 2 is 1.70 bits per heavy atom. The number of amides is 1. The largest absolute Gasteiger partial charge is 0.488 e. The van der Waals surface area contributed by atoms with E-state index in [2.05, 4.69) is 10.3 Å². The summed E-state index contributed by atoms with van der Waals surface area (Å²) in [6.45, 7) is -0.358. The Morgan fingerprint density at radius 1 is 0.967 bits per heavy atom. The number of benzene rings is 2. The summed E-state index contributed by atoms with van der Waals surface area (Å²) in [5.41, 5.74) is 0.953. The van der Waals surface area contributed by atoms with E-state index in [-0.39, 0.29) is 23.0 Å². The average Bonchev–Trinajstić information content (AvgIpc) is 2.74. The fraction of sp³-hybridized carbons (Fsp3) is 0.0952. The highest BCUT2D eigenvalue weighted by Gasteiger charge is 2.16. The summed E-state index contributed by atoms with van der Waals surface area (Å²) in [6.07, 6.45) is 1.33. The molecule has 3 rings (SSSR count). The second-order valence-corrected chi connectivity index (χ2v) is 7.24. The molecule has 3 aromatic rings. The van der Waals surface area contributed by atoms with E-state index < -0.39 is 18.5 Å². The van der Waals surface area contributed by atoms with Crippen molar-refractivity contribution in [2.75, 3.05) is 11.9 Å². The van der Waals surface area contributed by atoms with Crippen LogP contribution in [0.5, 0.6) is 5.75 Å². The number of hydrogen-bond acceptors (Lipinski definition) is 5. The molecule has 30 heavy (non-hydrogen) atoms. The molecule has 0 saturated heterocycles. The molecule has 1 N–H and O–H groups in total. The molecule has 0 spiro atoms. The van der Waals surface area contributed by atoms with Crippen molar-refractivity contribution in [3.8, 4) is 5.75 Å². The van der Waals surface area contributed by atoms with Crippen LogP contribution in [0, 0.1) is 0 Å². The predicted molar refractivity (Wildman–Crippen MR) is 115 cm³/mol. The Hall–Kier alpha value is -2.80. The van der Waals surface area contributed by atoms with Gasteiger partial charge in [-0.05, 0) is 24.3 Å². The number of rotatable bonds is 7. The summed E-state index contributed by atoms with van der Waals surface area (Å²) < 4.78 is 10.8. The van der Waals surface area contributed by atoms with Crippen LogP contribution in [0.1, 0.15) is 15.9 Å². The molecule has 1 heterocycles. The Morgan fingerprint density at radius 3 is 2.47 bits per heavy atom. The Labute approximate surface area is 187 Å². The van der Waals surface area contributed by atoms with Gasteiger partial charge in [-0.1, -0.05) is 65.1 Å². The van der Waals surface area contributed by atoms with Crippen LogP contribution in [0.25, 0.3) is 0 Å². The molecule has 0 radical (unpaired) electrons. The van der Waals surface area contributed by atoms with Crippen LogP contribution < -0.4 is 10.1 Å². The second kappa shape index (κ2) is 10.3. The topological polar surface area (TPSA) is 77.5 Å². The van der Waals surface area contributed by atoms with Crippen LogP contribution in [0.15, 0.2) is 60.8 Å². The lowest BCUT2D eigenvalue weighted by Gasteiger charge is -2.12. The van der Waals surface area contributed by atoms with Crippen molar-refractivity contribution in [2.24, 2.45) is 0 Å². The molecule has 0 aliphatic rings. The fourth-order valence-corrected chi connectivity index (χ4v) is 3.03. The molecular formula is C21H15Cl3N2O4. The summed E-state index contributed by atoms with van der Waals surface area (Å²) in [7, 11) is 0. The minimum Gasteiger partial charge on any atom is -0.488 e. The number of halogens is 3. The fourth-order valence-electron chi connectivity index (χ4n) is 2.42. The SMILES string of the molecule is O=C(COC(=O)c1ccccc1OCc1ccccc1Cl)Nc1ncc(Cl)cc1Cl. The van der Waals surface area contributed by atoms with Crippen LogP contribution in [0.3, 0.4) is 0 Å². The van der Waals surface area contributed by atoms with Crippen LogP contribution in [-0.4, -0.2) is 23.5 Å². The van der Waals surface area contributed by atoms with Crippen molar-refractivity contribution < 1.29 is 19.1 Å². The van der Waals surface area contributed by atoms with Crippen LogP contribution in [-0.2, 0) is 16.1 Å². The number of aromatic nitrogens is 1. The number of carbonyl (C=O) groups is 2. The number of esters is 1. The van der Waals surface area contributed by atoms with E-state index in [0.29, 0.717) is 15.8 Å². The maximum Gasteiger partial charge on any atom is 0.342 e. The number of anilines is 1. The van der Waals surface area contributed by atoms with E-state index in [1.54, 1.807) is 30.3 Å². The zero-order chi connectivity index (χ0) is 21.5. The van der Waals surface area contributed by atoms with E-state index in [9.17, 15) is 9.59 Å². The molecule has 6 nitrogen and oxygen atoms in total. The first-order valence-corrected chi connectivity index (χ1v) is 9.80. The Kier molecular flexibility index (Phi) is 7.52. The van der Waals surface area contributed by atoms with E-state index in [1.165, 1.54) is 12.3 Å². The molecule has 0 aliphatic carbocycles. The zero-order valence-electron chi connectivity index (χ0n) is 15.4. The molecule has 0 aliphatic heterocycles. The Bertz CT molecular complexity index is 1080.